The number of esters is 1. The molecule has 0 fully saturated rings. The van der Waals surface area contributed by atoms with Gasteiger partial charge in [0.15, 0.2) is 12.4 Å². The number of aryl methyl sites for hydroxylation is 1. The summed E-state index contributed by atoms with van der Waals surface area (Å²) < 4.78 is 6.07. The molecule has 0 unspecified atom stereocenters. The first-order valence-electron chi connectivity index (χ1n) is 7.22. The van der Waals surface area contributed by atoms with Gasteiger partial charge in [-0.15, -0.1) is 0 Å². The average Bonchev–Trinajstić information content (AvgIpc) is 2.82. The van der Waals surface area contributed by atoms with Gasteiger partial charge in [-0.05, 0) is 73.2 Å². The Balaban J connectivity index is 1.98. The van der Waals surface area contributed by atoms with E-state index < -0.39 is 18.5 Å². The molecule has 0 aliphatic rings. The van der Waals surface area contributed by atoms with Crippen LogP contribution >= 0.6 is 22.6 Å². The first kappa shape index (κ1) is 18.2. The van der Waals surface area contributed by atoms with Crippen LogP contribution in [0, 0.1) is 17.4 Å². The number of carbonyl (C=O) groups is 3. The number of anilines is 1. The van der Waals surface area contributed by atoms with E-state index in [9.17, 15) is 14.4 Å². The van der Waals surface area contributed by atoms with E-state index in [0.717, 1.165) is 3.57 Å². The fraction of sp³-hybridized carbons (Fsp3) is 0.235. The molecule has 24 heavy (non-hydrogen) atoms. The van der Waals surface area contributed by atoms with Crippen LogP contribution in [-0.2, 0) is 9.53 Å². The number of nitrogens with one attached hydrogen (secondary N) is 2. The van der Waals surface area contributed by atoms with E-state index in [1.807, 2.05) is 12.1 Å². The standard InChI is InChI=1S/C17H17IN2O4/c1-9-15(11(3)21)10(2)19-16(9)17(23)24-8-14(22)20-13-6-4-12(18)5-7-13/h4-7,19H,8H2,1-3H3,(H,20,22). The molecular weight excluding hydrogens is 423 g/mol. The molecule has 2 aromatic rings. The second-order valence-corrected chi connectivity index (χ2v) is 6.56. The zero-order chi connectivity index (χ0) is 17.9. The summed E-state index contributed by atoms with van der Waals surface area (Å²) in [4.78, 5) is 38.4. The molecule has 126 valence electrons. The van der Waals surface area contributed by atoms with E-state index >= 15 is 0 Å². The summed E-state index contributed by atoms with van der Waals surface area (Å²) in [6.45, 7) is 4.41. The molecule has 0 aliphatic heterocycles. The molecular formula is C17H17IN2O4. The van der Waals surface area contributed by atoms with Crippen LogP contribution in [0.25, 0.3) is 0 Å². The number of aromatic amines is 1. The predicted octanol–water partition coefficient (Wildman–Crippen LogP) is 3.23. The Labute approximate surface area is 153 Å². The minimum Gasteiger partial charge on any atom is -0.451 e. The molecule has 7 heteroatoms. The third-order valence-electron chi connectivity index (χ3n) is 3.46. The lowest BCUT2D eigenvalue weighted by molar-refractivity contribution is -0.119. The van der Waals surface area contributed by atoms with Gasteiger partial charge in [-0.2, -0.15) is 0 Å². The molecule has 1 heterocycles. The quantitative estimate of drug-likeness (QED) is 0.425. The first-order chi connectivity index (χ1) is 11.3. The number of hydrogen-bond donors (Lipinski definition) is 2. The first-order valence-corrected chi connectivity index (χ1v) is 8.30. The van der Waals surface area contributed by atoms with Crippen molar-refractivity contribution < 1.29 is 19.1 Å². The van der Waals surface area contributed by atoms with Gasteiger partial charge in [0.05, 0.1) is 0 Å². The number of carbonyl (C=O) groups excluding carboxylic acids is 3. The molecule has 1 amide bonds. The van der Waals surface area contributed by atoms with Crippen molar-refractivity contribution in [3.8, 4) is 0 Å². The summed E-state index contributed by atoms with van der Waals surface area (Å²) in [6, 6.07) is 7.24. The fourth-order valence-corrected chi connectivity index (χ4v) is 2.78. The van der Waals surface area contributed by atoms with Gasteiger partial charge in [0.2, 0.25) is 0 Å². The van der Waals surface area contributed by atoms with Gasteiger partial charge >= 0.3 is 5.97 Å². The molecule has 0 saturated carbocycles. The minimum atomic E-state index is -0.666. The second-order valence-electron chi connectivity index (χ2n) is 5.31. The van der Waals surface area contributed by atoms with E-state index in [4.69, 9.17) is 4.74 Å². The van der Waals surface area contributed by atoms with Crippen molar-refractivity contribution in [3.63, 3.8) is 0 Å². The third-order valence-corrected chi connectivity index (χ3v) is 4.18. The smallest absolute Gasteiger partial charge is 0.355 e. The number of ether oxygens (including phenoxy) is 1. The molecule has 0 aliphatic carbocycles. The van der Waals surface area contributed by atoms with Crippen LogP contribution in [0.5, 0.6) is 0 Å². The number of aromatic nitrogens is 1. The van der Waals surface area contributed by atoms with Gasteiger partial charge in [-0.1, -0.05) is 0 Å². The number of rotatable bonds is 5. The highest BCUT2D eigenvalue weighted by molar-refractivity contribution is 14.1. The lowest BCUT2D eigenvalue weighted by atomic mass is 10.1. The Bertz CT molecular complexity index is 794. The lowest BCUT2D eigenvalue weighted by Gasteiger charge is -2.06. The van der Waals surface area contributed by atoms with Crippen molar-refractivity contribution in [3.05, 3.63) is 50.4 Å². The van der Waals surface area contributed by atoms with E-state index in [2.05, 4.69) is 32.9 Å². The summed E-state index contributed by atoms with van der Waals surface area (Å²) in [7, 11) is 0. The normalized spacial score (nSPS) is 10.3. The molecule has 0 bridgehead atoms. The molecule has 2 rings (SSSR count). The molecule has 0 saturated heterocycles. The number of ketones is 1. The second kappa shape index (κ2) is 7.61. The number of H-pyrrole nitrogens is 1. The summed E-state index contributed by atoms with van der Waals surface area (Å²) in [5.41, 5.74) is 2.44. The van der Waals surface area contributed by atoms with Crippen LogP contribution < -0.4 is 5.32 Å². The van der Waals surface area contributed by atoms with Crippen LogP contribution in [0.15, 0.2) is 24.3 Å². The fourth-order valence-electron chi connectivity index (χ4n) is 2.42. The van der Waals surface area contributed by atoms with Crippen LogP contribution in [0.1, 0.15) is 39.0 Å². The Hall–Kier alpha value is -2.16. The highest BCUT2D eigenvalue weighted by Crippen LogP contribution is 2.19. The molecule has 0 radical (unpaired) electrons. The van der Waals surface area contributed by atoms with Gasteiger partial charge in [0, 0.05) is 20.5 Å². The van der Waals surface area contributed by atoms with E-state index in [1.54, 1.807) is 26.0 Å². The minimum absolute atomic E-state index is 0.128. The summed E-state index contributed by atoms with van der Waals surface area (Å²) in [6.07, 6.45) is 0. The Morgan fingerprint density at radius 3 is 2.33 bits per heavy atom. The van der Waals surface area contributed by atoms with Crippen LogP contribution in [0.4, 0.5) is 5.69 Å². The third kappa shape index (κ3) is 4.22. The van der Waals surface area contributed by atoms with Crippen molar-refractivity contribution in [2.75, 3.05) is 11.9 Å². The summed E-state index contributed by atoms with van der Waals surface area (Å²) >= 11 is 2.16. The van der Waals surface area contributed by atoms with Crippen LogP contribution in [-0.4, -0.2) is 29.3 Å². The van der Waals surface area contributed by atoms with Gasteiger partial charge in [0.25, 0.3) is 5.91 Å². The van der Waals surface area contributed by atoms with Crippen molar-refractivity contribution >= 4 is 45.9 Å². The van der Waals surface area contributed by atoms with Gasteiger partial charge < -0.3 is 15.0 Å². The van der Waals surface area contributed by atoms with Gasteiger partial charge in [0.1, 0.15) is 5.69 Å². The summed E-state index contributed by atoms with van der Waals surface area (Å²) in [5.74, 6) is -1.23. The van der Waals surface area contributed by atoms with Crippen molar-refractivity contribution in [2.24, 2.45) is 0 Å². The zero-order valence-electron chi connectivity index (χ0n) is 13.5. The van der Waals surface area contributed by atoms with Gasteiger partial charge in [-0.3, -0.25) is 9.59 Å². The topological polar surface area (TPSA) is 88.3 Å². The van der Waals surface area contributed by atoms with E-state index in [-0.39, 0.29) is 11.5 Å². The number of Topliss-reactive ketones (excluding diaryl/α,β-unsaturated/α-hetero) is 1. The molecule has 0 atom stereocenters. The van der Waals surface area contributed by atoms with Crippen molar-refractivity contribution in [1.29, 1.82) is 0 Å². The lowest BCUT2D eigenvalue weighted by Crippen LogP contribution is -2.21. The highest BCUT2D eigenvalue weighted by Gasteiger charge is 2.21. The van der Waals surface area contributed by atoms with Gasteiger partial charge in [-0.25, -0.2) is 4.79 Å². The molecule has 1 aromatic heterocycles. The van der Waals surface area contributed by atoms with E-state index in [0.29, 0.717) is 22.5 Å². The molecule has 0 spiro atoms. The number of benzene rings is 1. The molecule has 1 aromatic carbocycles. The maximum Gasteiger partial charge on any atom is 0.355 e. The SMILES string of the molecule is CC(=O)c1c(C)[nH]c(C(=O)OCC(=O)Nc2ccc(I)cc2)c1C. The maximum absolute atomic E-state index is 12.1. The molecule has 2 N–H and O–H groups in total. The number of amides is 1. The number of halogens is 1. The Morgan fingerprint density at radius 1 is 1.17 bits per heavy atom. The van der Waals surface area contributed by atoms with Crippen LogP contribution in [0.2, 0.25) is 0 Å². The monoisotopic (exact) mass is 440 g/mol. The van der Waals surface area contributed by atoms with Crippen molar-refractivity contribution in [2.45, 2.75) is 20.8 Å². The molecule has 6 nitrogen and oxygen atoms in total. The zero-order valence-corrected chi connectivity index (χ0v) is 15.7. The average molecular weight is 440 g/mol. The Kier molecular flexibility index (Phi) is 5.76. The van der Waals surface area contributed by atoms with E-state index in [1.165, 1.54) is 6.92 Å². The predicted molar refractivity (Wildman–Crippen MR) is 98.3 cm³/mol. The van der Waals surface area contributed by atoms with Crippen LogP contribution in [0.3, 0.4) is 0 Å². The number of hydrogen-bond acceptors (Lipinski definition) is 4. The maximum atomic E-state index is 12.1. The Morgan fingerprint density at radius 2 is 1.79 bits per heavy atom. The largest absolute Gasteiger partial charge is 0.451 e. The summed E-state index contributed by atoms with van der Waals surface area (Å²) in [5, 5.41) is 2.64. The van der Waals surface area contributed by atoms with Crippen molar-refractivity contribution in [1.82, 2.24) is 4.98 Å². The highest BCUT2D eigenvalue weighted by atomic mass is 127.